The van der Waals surface area contributed by atoms with Gasteiger partial charge in [-0.1, -0.05) is 47.5 Å². The molecule has 0 atom stereocenters. The van der Waals surface area contributed by atoms with Gasteiger partial charge in [-0.05, 0) is 66.6 Å². The number of benzene rings is 3. The van der Waals surface area contributed by atoms with Gasteiger partial charge in [0.05, 0.1) is 18.6 Å². The van der Waals surface area contributed by atoms with Crippen molar-refractivity contribution in [2.24, 2.45) is 0 Å². The molecule has 6 heteroatoms. The minimum Gasteiger partial charge on any atom is -0.493 e. The fraction of sp³-hybridized carbons (Fsp3) is 0.160. The normalized spacial score (nSPS) is 11.3. The summed E-state index contributed by atoms with van der Waals surface area (Å²) in [6.07, 6.45) is 1.86. The molecular weight excluding hydrogens is 451 g/mol. The SMILES string of the molecule is CCOc1ccc(/C=C(/SCc2ccccc2Cl)C(=O)c2ccc(Cl)cc2)cc1OC. The molecule has 0 bridgehead atoms. The Kier molecular flexibility index (Phi) is 8.47. The molecule has 0 unspecified atom stereocenters. The zero-order valence-electron chi connectivity index (χ0n) is 17.2. The third-order valence-corrected chi connectivity index (χ3v) is 6.15. The van der Waals surface area contributed by atoms with E-state index in [1.807, 2.05) is 55.5 Å². The lowest BCUT2D eigenvalue weighted by Crippen LogP contribution is -2.02. The van der Waals surface area contributed by atoms with Gasteiger partial charge in [0.15, 0.2) is 17.3 Å². The first-order valence-electron chi connectivity index (χ1n) is 9.70. The number of ether oxygens (including phenoxy) is 2. The van der Waals surface area contributed by atoms with Gasteiger partial charge in [-0.25, -0.2) is 0 Å². The van der Waals surface area contributed by atoms with Crippen molar-refractivity contribution in [3.63, 3.8) is 0 Å². The Labute approximate surface area is 197 Å². The van der Waals surface area contributed by atoms with Crippen LogP contribution in [-0.2, 0) is 5.75 Å². The van der Waals surface area contributed by atoms with E-state index in [1.54, 1.807) is 31.4 Å². The Morgan fingerprint density at radius 1 is 1.00 bits per heavy atom. The van der Waals surface area contributed by atoms with Gasteiger partial charge in [0.2, 0.25) is 0 Å². The van der Waals surface area contributed by atoms with Crippen LogP contribution in [0.2, 0.25) is 10.0 Å². The minimum atomic E-state index is -0.0819. The fourth-order valence-electron chi connectivity index (χ4n) is 2.89. The maximum atomic E-state index is 13.3. The molecular formula is C25H22Cl2O3S. The fourth-order valence-corrected chi connectivity index (χ4v) is 4.33. The molecule has 0 aliphatic carbocycles. The third-order valence-electron chi connectivity index (χ3n) is 4.46. The lowest BCUT2D eigenvalue weighted by molar-refractivity contribution is 0.104. The smallest absolute Gasteiger partial charge is 0.199 e. The van der Waals surface area contributed by atoms with Crippen LogP contribution in [0.4, 0.5) is 0 Å². The highest BCUT2D eigenvalue weighted by Crippen LogP contribution is 2.33. The number of carbonyl (C=O) groups is 1. The van der Waals surface area contributed by atoms with E-state index in [0.29, 0.717) is 44.4 Å². The number of rotatable bonds is 9. The summed E-state index contributed by atoms with van der Waals surface area (Å²) in [5, 5.41) is 1.26. The summed E-state index contributed by atoms with van der Waals surface area (Å²) in [7, 11) is 1.59. The van der Waals surface area contributed by atoms with E-state index in [0.717, 1.165) is 11.1 Å². The molecule has 3 rings (SSSR count). The Hall–Kier alpha value is -2.40. The number of methoxy groups -OCH3 is 1. The van der Waals surface area contributed by atoms with Gasteiger partial charge in [-0.15, -0.1) is 11.8 Å². The molecule has 0 fully saturated rings. The topological polar surface area (TPSA) is 35.5 Å². The van der Waals surface area contributed by atoms with E-state index >= 15 is 0 Å². The molecule has 0 aromatic heterocycles. The van der Waals surface area contributed by atoms with Crippen molar-refractivity contribution in [1.82, 2.24) is 0 Å². The highest BCUT2D eigenvalue weighted by atomic mass is 35.5. The lowest BCUT2D eigenvalue weighted by Gasteiger charge is -2.11. The summed E-state index contributed by atoms with van der Waals surface area (Å²) >= 11 is 13.7. The van der Waals surface area contributed by atoms with Gasteiger partial charge < -0.3 is 9.47 Å². The van der Waals surface area contributed by atoms with Crippen LogP contribution in [0.25, 0.3) is 6.08 Å². The predicted octanol–water partition coefficient (Wildman–Crippen LogP) is 7.56. The Balaban J connectivity index is 1.95. The summed E-state index contributed by atoms with van der Waals surface area (Å²) in [4.78, 5) is 13.9. The van der Waals surface area contributed by atoms with Crippen molar-refractivity contribution >= 4 is 46.8 Å². The number of allylic oxidation sites excluding steroid dienone is 1. The van der Waals surface area contributed by atoms with Crippen LogP contribution in [0.15, 0.2) is 71.6 Å². The van der Waals surface area contributed by atoms with E-state index in [9.17, 15) is 4.79 Å². The molecule has 0 N–H and O–H groups in total. The summed E-state index contributed by atoms with van der Waals surface area (Å²) in [6.45, 7) is 2.46. The van der Waals surface area contributed by atoms with Crippen molar-refractivity contribution in [2.75, 3.05) is 13.7 Å². The van der Waals surface area contributed by atoms with Gasteiger partial charge in [-0.2, -0.15) is 0 Å². The predicted molar refractivity (Wildman–Crippen MR) is 131 cm³/mol. The first-order chi connectivity index (χ1) is 15.0. The molecule has 0 aliphatic heterocycles. The zero-order valence-corrected chi connectivity index (χ0v) is 19.6. The molecule has 31 heavy (non-hydrogen) atoms. The second kappa shape index (κ2) is 11.3. The highest BCUT2D eigenvalue weighted by Gasteiger charge is 2.15. The first-order valence-corrected chi connectivity index (χ1v) is 11.4. The largest absolute Gasteiger partial charge is 0.493 e. The average molecular weight is 473 g/mol. The van der Waals surface area contributed by atoms with Crippen LogP contribution < -0.4 is 9.47 Å². The monoisotopic (exact) mass is 472 g/mol. The maximum absolute atomic E-state index is 13.3. The molecule has 0 saturated carbocycles. The quantitative estimate of drug-likeness (QED) is 0.237. The number of hydrogen-bond acceptors (Lipinski definition) is 4. The molecule has 3 aromatic rings. The van der Waals surface area contributed by atoms with E-state index in [1.165, 1.54) is 11.8 Å². The summed E-state index contributed by atoms with van der Waals surface area (Å²) < 4.78 is 11.0. The molecule has 3 nitrogen and oxygen atoms in total. The van der Waals surface area contributed by atoms with Gasteiger partial charge in [-0.3, -0.25) is 4.79 Å². The van der Waals surface area contributed by atoms with Gasteiger partial charge >= 0.3 is 0 Å². The Bertz CT molecular complexity index is 1080. The van der Waals surface area contributed by atoms with Gasteiger partial charge in [0, 0.05) is 21.4 Å². The van der Waals surface area contributed by atoms with Gasteiger partial charge in [0.1, 0.15) is 0 Å². The van der Waals surface area contributed by atoms with Crippen LogP contribution in [0.1, 0.15) is 28.4 Å². The van der Waals surface area contributed by atoms with Crippen LogP contribution in [0.3, 0.4) is 0 Å². The standard InChI is InChI=1S/C25H22Cl2O3S/c1-3-30-22-13-8-17(14-23(22)29-2)15-24(25(28)18-9-11-20(26)12-10-18)31-16-19-6-4-5-7-21(19)27/h4-15H,3,16H2,1-2H3/b24-15+. The van der Waals surface area contributed by atoms with Crippen molar-refractivity contribution in [2.45, 2.75) is 12.7 Å². The molecule has 0 heterocycles. The van der Waals surface area contributed by atoms with Crippen LogP contribution in [-0.4, -0.2) is 19.5 Å². The molecule has 160 valence electrons. The van der Waals surface area contributed by atoms with Gasteiger partial charge in [0.25, 0.3) is 0 Å². The van der Waals surface area contributed by atoms with E-state index in [4.69, 9.17) is 32.7 Å². The number of halogens is 2. The number of ketones is 1. The number of carbonyl (C=O) groups excluding carboxylic acids is 1. The molecule has 3 aromatic carbocycles. The second-order valence-electron chi connectivity index (χ2n) is 6.57. The van der Waals surface area contributed by atoms with E-state index < -0.39 is 0 Å². The Morgan fingerprint density at radius 2 is 1.74 bits per heavy atom. The molecule has 0 spiro atoms. The summed E-state index contributed by atoms with van der Waals surface area (Å²) in [5.74, 6) is 1.77. The highest BCUT2D eigenvalue weighted by molar-refractivity contribution is 8.03. The number of hydrogen-bond donors (Lipinski definition) is 0. The number of Topliss-reactive ketones (excluding diaryl/α,β-unsaturated/α-hetero) is 1. The van der Waals surface area contributed by atoms with Crippen molar-refractivity contribution in [1.29, 1.82) is 0 Å². The first kappa shape index (κ1) is 23.3. The molecule has 0 radical (unpaired) electrons. The second-order valence-corrected chi connectivity index (χ2v) is 8.43. The van der Waals surface area contributed by atoms with Crippen molar-refractivity contribution in [3.8, 4) is 11.5 Å². The third kappa shape index (κ3) is 6.30. The Morgan fingerprint density at radius 3 is 2.42 bits per heavy atom. The minimum absolute atomic E-state index is 0.0819. The zero-order chi connectivity index (χ0) is 22.2. The maximum Gasteiger partial charge on any atom is 0.199 e. The van der Waals surface area contributed by atoms with E-state index in [-0.39, 0.29) is 5.78 Å². The molecule has 0 amide bonds. The summed E-state index contributed by atoms with van der Waals surface area (Å²) in [6, 6.07) is 20.1. The van der Waals surface area contributed by atoms with E-state index in [2.05, 4.69) is 0 Å². The lowest BCUT2D eigenvalue weighted by atomic mass is 10.1. The molecule has 0 saturated heterocycles. The van der Waals surface area contributed by atoms with Crippen LogP contribution >= 0.6 is 35.0 Å². The van der Waals surface area contributed by atoms with Crippen LogP contribution in [0.5, 0.6) is 11.5 Å². The average Bonchev–Trinajstić information content (AvgIpc) is 2.78. The molecule has 0 aliphatic rings. The van der Waals surface area contributed by atoms with Crippen molar-refractivity contribution < 1.29 is 14.3 Å². The summed E-state index contributed by atoms with van der Waals surface area (Å²) in [5.41, 5.74) is 2.37. The van der Waals surface area contributed by atoms with Crippen molar-refractivity contribution in [3.05, 3.63) is 98.4 Å². The van der Waals surface area contributed by atoms with Crippen LogP contribution in [0, 0.1) is 0 Å². The number of thioether (sulfide) groups is 1.